The molecule has 0 spiro atoms. The summed E-state index contributed by atoms with van der Waals surface area (Å²) >= 11 is 0. The van der Waals surface area contributed by atoms with Crippen molar-refractivity contribution < 1.29 is 13.2 Å². The molecule has 2 fully saturated rings. The van der Waals surface area contributed by atoms with Gasteiger partial charge in [-0.2, -0.15) is 5.10 Å². The number of aryl methyl sites for hydroxylation is 1. The Kier molecular flexibility index (Phi) is 9.96. The second-order valence-electron chi connectivity index (χ2n) is 14.1. The molecule has 2 saturated heterocycles. The molecule has 11 heteroatoms. The first kappa shape index (κ1) is 33.5. The Labute approximate surface area is 280 Å². The van der Waals surface area contributed by atoms with Gasteiger partial charge in [0.05, 0.1) is 11.1 Å². The third kappa shape index (κ3) is 7.07. The Balaban J connectivity index is 1.08. The smallest absolute Gasteiger partial charge is 0.314 e. The van der Waals surface area contributed by atoms with Gasteiger partial charge >= 0.3 is 6.03 Å². The minimum Gasteiger partial charge on any atom is -0.371 e. The van der Waals surface area contributed by atoms with Crippen molar-refractivity contribution in [2.45, 2.75) is 66.8 Å². The number of hydrogen-bond acceptors (Lipinski definition) is 7. The molecule has 254 valence electrons. The second kappa shape index (κ2) is 14.0. The van der Waals surface area contributed by atoms with Crippen LogP contribution < -0.4 is 15.5 Å². The van der Waals surface area contributed by atoms with Gasteiger partial charge in [0.25, 0.3) is 0 Å². The minimum atomic E-state index is -3.57. The first-order valence-corrected chi connectivity index (χ1v) is 18.7. The average Bonchev–Trinajstić information content (AvgIpc) is 3.50. The normalized spacial score (nSPS) is 22.0. The third-order valence-electron chi connectivity index (χ3n) is 10.7. The van der Waals surface area contributed by atoms with Crippen LogP contribution in [0.5, 0.6) is 0 Å². The van der Waals surface area contributed by atoms with E-state index in [-0.39, 0.29) is 22.4 Å². The molecule has 0 saturated carbocycles. The highest BCUT2D eigenvalue weighted by Gasteiger charge is 2.47. The molecule has 2 N–H and O–H groups in total. The summed E-state index contributed by atoms with van der Waals surface area (Å²) in [7, 11) is 2.09. The third-order valence-corrected chi connectivity index (χ3v) is 12.4. The Bertz CT molecular complexity index is 1630. The molecular weight excluding hydrogens is 611 g/mol. The van der Waals surface area contributed by atoms with E-state index >= 15 is 0 Å². The monoisotopic (exact) mass is 661 g/mol. The number of carbonyl (C=O) groups is 1. The van der Waals surface area contributed by atoms with Crippen molar-refractivity contribution >= 4 is 21.6 Å². The molecule has 4 heterocycles. The van der Waals surface area contributed by atoms with Crippen molar-refractivity contribution in [3.8, 4) is 0 Å². The molecule has 6 rings (SSSR count). The van der Waals surface area contributed by atoms with Crippen LogP contribution in [-0.2, 0) is 28.8 Å². The van der Waals surface area contributed by atoms with Crippen molar-refractivity contribution in [3.63, 3.8) is 0 Å². The van der Waals surface area contributed by atoms with E-state index in [1.165, 1.54) is 28.2 Å². The fourth-order valence-electron chi connectivity index (χ4n) is 8.46. The molecule has 2 atom stereocenters. The lowest BCUT2D eigenvalue weighted by Crippen LogP contribution is -2.56. The maximum atomic E-state index is 12.9. The van der Waals surface area contributed by atoms with Crippen LogP contribution in [0.25, 0.3) is 0 Å². The van der Waals surface area contributed by atoms with Gasteiger partial charge in [0, 0.05) is 76.1 Å². The number of fused-ring (bicyclic) bond motifs is 1. The number of likely N-dealkylation sites (tertiary alicyclic amines) is 1. The van der Waals surface area contributed by atoms with Crippen LogP contribution in [0.1, 0.15) is 50.2 Å². The Morgan fingerprint density at radius 2 is 1.77 bits per heavy atom. The van der Waals surface area contributed by atoms with Gasteiger partial charge in [-0.05, 0) is 87.1 Å². The number of sulfone groups is 1. The molecule has 3 aliphatic rings. The number of aromatic nitrogens is 2. The van der Waals surface area contributed by atoms with Gasteiger partial charge in [-0.15, -0.1) is 0 Å². The molecule has 10 nitrogen and oxygen atoms in total. The summed E-state index contributed by atoms with van der Waals surface area (Å²) < 4.78 is 27.4. The zero-order valence-corrected chi connectivity index (χ0v) is 29.2. The summed E-state index contributed by atoms with van der Waals surface area (Å²) in [6.45, 7) is 9.45. The SMILES string of the molecule is CCC[C@@H](CC1(C2CCN(CC3CN(c4ccc(S(=O)(=O)c5cnn(C)c5)cc4)C3)CC2)CN(C)Cc2ccccc21)NC(=O)NC. The topological polar surface area (TPSA) is 103 Å². The summed E-state index contributed by atoms with van der Waals surface area (Å²) in [4.78, 5) is 20.5. The van der Waals surface area contributed by atoms with Crippen molar-refractivity contribution in [2.24, 2.45) is 18.9 Å². The number of nitrogens with zero attached hydrogens (tertiary/aromatic N) is 5. The molecule has 3 aliphatic heterocycles. The van der Waals surface area contributed by atoms with Crippen LogP contribution >= 0.6 is 0 Å². The highest BCUT2D eigenvalue weighted by atomic mass is 32.2. The molecule has 2 aromatic carbocycles. The summed E-state index contributed by atoms with van der Waals surface area (Å²) in [5.74, 6) is 1.15. The number of piperidine rings is 1. The van der Waals surface area contributed by atoms with E-state index < -0.39 is 9.84 Å². The van der Waals surface area contributed by atoms with Crippen molar-refractivity contribution in [1.29, 1.82) is 0 Å². The number of nitrogens with one attached hydrogen (secondary N) is 2. The van der Waals surface area contributed by atoms with E-state index in [1.807, 2.05) is 12.1 Å². The van der Waals surface area contributed by atoms with E-state index in [4.69, 9.17) is 0 Å². The fraction of sp³-hybridized carbons (Fsp3) is 0.556. The van der Waals surface area contributed by atoms with Gasteiger partial charge in [-0.25, -0.2) is 13.2 Å². The fourth-order valence-corrected chi connectivity index (χ4v) is 9.70. The standard InChI is InChI=1S/C36H51N7O3S/c1-5-8-30(39-35(44)37-2)19-36(26-40(3)24-28-9-6-7-10-34(28)36)29-15-17-42(18-16-29)21-27-22-43(23-27)31-11-13-32(14-12-31)47(45,46)33-20-38-41(4)25-33/h6-7,9-14,20,25,27,29-30H,5,8,15-19,21-24,26H2,1-4H3,(H2,37,39,44)/t30-,36?/m0/s1. The number of amides is 2. The second-order valence-corrected chi connectivity index (χ2v) is 16.0. The van der Waals surface area contributed by atoms with Crippen molar-refractivity contribution in [3.05, 3.63) is 72.1 Å². The summed E-state index contributed by atoms with van der Waals surface area (Å²) in [5, 5.41) is 10.1. The van der Waals surface area contributed by atoms with E-state index in [9.17, 15) is 13.2 Å². The molecule has 2 amide bonds. The summed E-state index contributed by atoms with van der Waals surface area (Å²) in [6.07, 6.45) is 8.21. The number of hydrogen-bond donors (Lipinski definition) is 2. The van der Waals surface area contributed by atoms with Crippen LogP contribution in [0.2, 0.25) is 0 Å². The van der Waals surface area contributed by atoms with Crippen LogP contribution in [0.4, 0.5) is 10.5 Å². The first-order valence-electron chi connectivity index (χ1n) is 17.2. The predicted molar refractivity (Wildman–Crippen MR) is 185 cm³/mol. The number of benzene rings is 2. The Morgan fingerprint density at radius 1 is 1.04 bits per heavy atom. The maximum absolute atomic E-state index is 12.9. The van der Waals surface area contributed by atoms with E-state index in [2.05, 4.69) is 68.7 Å². The molecule has 47 heavy (non-hydrogen) atoms. The number of rotatable bonds is 11. The highest BCUT2D eigenvalue weighted by molar-refractivity contribution is 7.91. The minimum absolute atomic E-state index is 0.000472. The number of urea groups is 1. The van der Waals surface area contributed by atoms with Gasteiger partial charge in [-0.1, -0.05) is 37.6 Å². The highest BCUT2D eigenvalue weighted by Crippen LogP contribution is 2.47. The molecule has 3 aromatic rings. The van der Waals surface area contributed by atoms with Crippen LogP contribution in [0.15, 0.2) is 70.7 Å². The lowest BCUT2D eigenvalue weighted by molar-refractivity contribution is 0.0655. The molecule has 1 unspecified atom stereocenters. The van der Waals surface area contributed by atoms with Crippen LogP contribution in [-0.4, -0.2) is 93.4 Å². The van der Waals surface area contributed by atoms with Gasteiger partial charge in [0.2, 0.25) is 9.84 Å². The van der Waals surface area contributed by atoms with Gasteiger partial charge in [0.15, 0.2) is 0 Å². The lowest BCUT2D eigenvalue weighted by Gasteiger charge is -2.52. The number of carbonyl (C=O) groups excluding carboxylic acids is 1. The van der Waals surface area contributed by atoms with Gasteiger partial charge in [-0.3, -0.25) is 4.68 Å². The molecule has 0 radical (unpaired) electrons. The number of likely N-dealkylation sites (N-methyl/N-ethyl adjacent to an activating group) is 1. The molecular formula is C36H51N7O3S. The van der Waals surface area contributed by atoms with E-state index in [0.717, 1.165) is 83.6 Å². The van der Waals surface area contributed by atoms with Crippen LogP contribution in [0.3, 0.4) is 0 Å². The van der Waals surface area contributed by atoms with Crippen LogP contribution in [0, 0.1) is 11.8 Å². The summed E-state index contributed by atoms with van der Waals surface area (Å²) in [5.41, 5.74) is 3.99. The number of anilines is 1. The molecule has 0 aliphatic carbocycles. The molecule has 0 bridgehead atoms. The molecule has 1 aromatic heterocycles. The quantitative estimate of drug-likeness (QED) is 0.317. The van der Waals surface area contributed by atoms with E-state index in [0.29, 0.717) is 16.7 Å². The maximum Gasteiger partial charge on any atom is 0.314 e. The van der Waals surface area contributed by atoms with Crippen molar-refractivity contribution in [2.75, 3.05) is 58.3 Å². The largest absolute Gasteiger partial charge is 0.371 e. The zero-order chi connectivity index (χ0) is 33.2. The average molecular weight is 662 g/mol. The van der Waals surface area contributed by atoms with Crippen molar-refractivity contribution in [1.82, 2.24) is 30.2 Å². The van der Waals surface area contributed by atoms with Gasteiger partial charge in [0.1, 0.15) is 4.90 Å². The van der Waals surface area contributed by atoms with E-state index in [1.54, 1.807) is 26.2 Å². The Morgan fingerprint density at radius 3 is 2.43 bits per heavy atom. The Hall–Kier alpha value is -3.41. The lowest BCUT2D eigenvalue weighted by atomic mass is 9.60. The van der Waals surface area contributed by atoms with Gasteiger partial charge < -0.3 is 25.3 Å². The zero-order valence-electron chi connectivity index (χ0n) is 28.4. The first-order chi connectivity index (χ1) is 22.6. The summed E-state index contributed by atoms with van der Waals surface area (Å²) in [6, 6.07) is 16.3. The predicted octanol–water partition coefficient (Wildman–Crippen LogP) is 4.27.